The highest BCUT2D eigenvalue weighted by atomic mass is 16.2. The average molecular weight is 233 g/mol. The fourth-order valence-corrected chi connectivity index (χ4v) is 2.03. The van der Waals surface area contributed by atoms with Crippen LogP contribution in [0.2, 0.25) is 0 Å². The van der Waals surface area contributed by atoms with E-state index in [0.29, 0.717) is 5.82 Å². The highest BCUT2D eigenvalue weighted by molar-refractivity contribution is 6.01. The Bertz CT molecular complexity index is 578. The number of fused-ring (bicyclic) bond motifs is 1. The average Bonchev–Trinajstić information content (AvgIpc) is 3.01. The van der Waals surface area contributed by atoms with E-state index in [1.54, 1.807) is 4.68 Å². The predicted molar refractivity (Wildman–Crippen MR) is 63.6 cm³/mol. The fraction of sp³-hybridized carbons (Fsp3) is 0.545. The predicted octanol–water partition coefficient (Wildman–Crippen LogP) is 1.21. The quantitative estimate of drug-likeness (QED) is 0.836. The summed E-state index contributed by atoms with van der Waals surface area (Å²) in [5.41, 5.74) is 1.75. The van der Waals surface area contributed by atoms with Crippen LogP contribution in [0.5, 0.6) is 0 Å². The van der Waals surface area contributed by atoms with E-state index in [2.05, 4.69) is 20.6 Å². The van der Waals surface area contributed by atoms with E-state index in [1.165, 1.54) is 0 Å². The van der Waals surface area contributed by atoms with Crippen molar-refractivity contribution in [2.75, 3.05) is 5.32 Å². The summed E-state index contributed by atoms with van der Waals surface area (Å²) in [5, 5.41) is 15.3. The fourth-order valence-electron chi connectivity index (χ4n) is 2.03. The van der Waals surface area contributed by atoms with E-state index in [-0.39, 0.29) is 11.8 Å². The summed E-state index contributed by atoms with van der Waals surface area (Å²) < 4.78 is 1.73. The van der Waals surface area contributed by atoms with E-state index >= 15 is 0 Å². The van der Waals surface area contributed by atoms with Crippen molar-refractivity contribution < 1.29 is 4.79 Å². The molecule has 1 aliphatic carbocycles. The van der Waals surface area contributed by atoms with Gasteiger partial charge in [0.2, 0.25) is 5.91 Å². The molecule has 6 heteroatoms. The zero-order valence-electron chi connectivity index (χ0n) is 9.95. The van der Waals surface area contributed by atoms with Gasteiger partial charge in [-0.3, -0.25) is 9.89 Å². The first kappa shape index (κ1) is 10.3. The normalized spacial score (nSPS) is 15.4. The number of aromatic amines is 1. The molecular formula is C11H15N5O. The molecule has 2 aromatic rings. The Kier molecular flexibility index (Phi) is 2.17. The van der Waals surface area contributed by atoms with Crippen LogP contribution in [0.1, 0.15) is 25.5 Å². The lowest BCUT2D eigenvalue weighted by Crippen LogP contribution is -2.13. The van der Waals surface area contributed by atoms with Gasteiger partial charge in [0.15, 0.2) is 5.65 Å². The van der Waals surface area contributed by atoms with Crippen molar-refractivity contribution in [1.29, 1.82) is 0 Å². The zero-order chi connectivity index (χ0) is 12.0. The molecular weight excluding hydrogens is 218 g/mol. The molecule has 0 bridgehead atoms. The van der Waals surface area contributed by atoms with E-state index in [9.17, 15) is 4.79 Å². The molecule has 2 N–H and O–H groups in total. The number of amides is 1. The standard InChI is InChI=1S/C11H15N5O/c1-3-7-8-9(12-11(17)6-4-5-6)13-14-10(8)16(2)15-7/h6H,3-5H2,1-2H3,(H2,12,13,14,17). The number of hydrogen-bond donors (Lipinski definition) is 2. The third-order valence-corrected chi connectivity index (χ3v) is 3.14. The van der Waals surface area contributed by atoms with E-state index in [0.717, 1.165) is 36.0 Å². The number of rotatable bonds is 3. The van der Waals surface area contributed by atoms with Gasteiger partial charge in [-0.25, -0.2) is 4.68 Å². The van der Waals surface area contributed by atoms with Crippen molar-refractivity contribution in [2.24, 2.45) is 13.0 Å². The van der Waals surface area contributed by atoms with Crippen LogP contribution in [0.3, 0.4) is 0 Å². The van der Waals surface area contributed by atoms with Crippen molar-refractivity contribution in [3.63, 3.8) is 0 Å². The number of nitrogens with zero attached hydrogens (tertiary/aromatic N) is 3. The lowest BCUT2D eigenvalue weighted by molar-refractivity contribution is -0.117. The molecule has 2 heterocycles. The van der Waals surface area contributed by atoms with Gasteiger partial charge >= 0.3 is 0 Å². The Labute approximate surface area is 98.4 Å². The summed E-state index contributed by atoms with van der Waals surface area (Å²) in [6.07, 6.45) is 2.82. The maximum Gasteiger partial charge on any atom is 0.228 e. The second kappa shape index (κ2) is 3.58. The van der Waals surface area contributed by atoms with Gasteiger partial charge in [-0.05, 0) is 19.3 Å². The summed E-state index contributed by atoms with van der Waals surface area (Å²) in [6, 6.07) is 0. The van der Waals surface area contributed by atoms with Crippen molar-refractivity contribution >= 4 is 22.8 Å². The zero-order valence-corrected chi connectivity index (χ0v) is 9.95. The molecule has 1 amide bonds. The molecule has 1 fully saturated rings. The highest BCUT2D eigenvalue weighted by Gasteiger charge is 2.30. The topological polar surface area (TPSA) is 75.6 Å². The molecule has 17 heavy (non-hydrogen) atoms. The monoisotopic (exact) mass is 233 g/mol. The van der Waals surface area contributed by atoms with Crippen LogP contribution in [0, 0.1) is 5.92 Å². The Morgan fingerprint density at radius 1 is 1.59 bits per heavy atom. The highest BCUT2D eigenvalue weighted by Crippen LogP contribution is 2.31. The molecule has 90 valence electrons. The van der Waals surface area contributed by atoms with Crippen LogP contribution in [0.4, 0.5) is 5.82 Å². The van der Waals surface area contributed by atoms with Crippen LogP contribution < -0.4 is 5.32 Å². The molecule has 6 nitrogen and oxygen atoms in total. The Balaban J connectivity index is 2.00. The molecule has 3 rings (SSSR count). The van der Waals surface area contributed by atoms with Crippen LogP contribution in [0.25, 0.3) is 11.0 Å². The van der Waals surface area contributed by atoms with E-state index in [4.69, 9.17) is 0 Å². The molecule has 2 aromatic heterocycles. The van der Waals surface area contributed by atoms with Crippen molar-refractivity contribution in [2.45, 2.75) is 26.2 Å². The summed E-state index contributed by atoms with van der Waals surface area (Å²) in [6.45, 7) is 2.04. The number of anilines is 1. The van der Waals surface area contributed by atoms with E-state index in [1.807, 2.05) is 14.0 Å². The molecule has 0 atom stereocenters. The molecule has 0 spiro atoms. The van der Waals surface area contributed by atoms with Gasteiger partial charge in [-0.1, -0.05) is 6.92 Å². The third kappa shape index (κ3) is 1.60. The molecule has 1 saturated carbocycles. The maximum atomic E-state index is 11.7. The summed E-state index contributed by atoms with van der Waals surface area (Å²) in [5.74, 6) is 0.957. The molecule has 0 saturated heterocycles. The number of hydrogen-bond acceptors (Lipinski definition) is 3. The molecule has 1 aliphatic rings. The molecule has 0 aliphatic heterocycles. The summed E-state index contributed by atoms with van der Waals surface area (Å²) in [4.78, 5) is 11.7. The SMILES string of the molecule is CCc1nn(C)c2n[nH]c(NC(=O)C3CC3)c12. The smallest absolute Gasteiger partial charge is 0.228 e. The second-order valence-electron chi connectivity index (χ2n) is 4.48. The van der Waals surface area contributed by atoms with Gasteiger partial charge in [0.05, 0.1) is 11.1 Å². The Morgan fingerprint density at radius 2 is 2.35 bits per heavy atom. The van der Waals surface area contributed by atoms with E-state index < -0.39 is 0 Å². The van der Waals surface area contributed by atoms with Gasteiger partial charge in [0, 0.05) is 13.0 Å². The van der Waals surface area contributed by atoms with Crippen molar-refractivity contribution in [1.82, 2.24) is 20.0 Å². The minimum Gasteiger partial charge on any atom is -0.310 e. The number of carbonyl (C=O) groups excluding carboxylic acids is 1. The number of aromatic nitrogens is 4. The number of nitrogens with one attached hydrogen (secondary N) is 2. The molecule has 0 radical (unpaired) electrons. The van der Waals surface area contributed by atoms with Crippen molar-refractivity contribution in [3.05, 3.63) is 5.69 Å². The van der Waals surface area contributed by atoms with Crippen LogP contribution in [-0.4, -0.2) is 25.9 Å². The molecule has 0 aromatic carbocycles. The van der Waals surface area contributed by atoms with Crippen molar-refractivity contribution in [3.8, 4) is 0 Å². The number of carbonyl (C=O) groups is 1. The lowest BCUT2D eigenvalue weighted by atomic mass is 10.2. The summed E-state index contributed by atoms with van der Waals surface area (Å²) >= 11 is 0. The van der Waals surface area contributed by atoms with Gasteiger partial charge < -0.3 is 5.32 Å². The second-order valence-corrected chi connectivity index (χ2v) is 4.48. The van der Waals surface area contributed by atoms with Gasteiger partial charge in [0.1, 0.15) is 5.82 Å². The Morgan fingerprint density at radius 3 is 3.00 bits per heavy atom. The number of aryl methyl sites for hydroxylation is 2. The summed E-state index contributed by atoms with van der Waals surface area (Å²) in [7, 11) is 1.86. The maximum absolute atomic E-state index is 11.7. The number of H-pyrrole nitrogens is 1. The van der Waals surface area contributed by atoms with Gasteiger partial charge in [0.25, 0.3) is 0 Å². The minimum absolute atomic E-state index is 0.0847. The Hall–Kier alpha value is -1.85. The van der Waals surface area contributed by atoms with Gasteiger partial charge in [-0.15, -0.1) is 0 Å². The largest absolute Gasteiger partial charge is 0.310 e. The first-order valence-corrected chi connectivity index (χ1v) is 5.91. The van der Waals surface area contributed by atoms with Gasteiger partial charge in [-0.2, -0.15) is 10.2 Å². The van der Waals surface area contributed by atoms with Crippen LogP contribution in [-0.2, 0) is 18.3 Å². The van der Waals surface area contributed by atoms with Crippen LogP contribution in [0.15, 0.2) is 0 Å². The first-order valence-electron chi connectivity index (χ1n) is 5.91. The lowest BCUT2D eigenvalue weighted by Gasteiger charge is -2.00. The third-order valence-electron chi connectivity index (χ3n) is 3.14. The van der Waals surface area contributed by atoms with Crippen LogP contribution >= 0.6 is 0 Å². The minimum atomic E-state index is 0.0847. The first-order chi connectivity index (χ1) is 8.20. The molecule has 0 unspecified atom stereocenters.